The van der Waals surface area contributed by atoms with E-state index in [2.05, 4.69) is 63.2 Å². The molecule has 2 nitrogen and oxygen atoms in total. The van der Waals surface area contributed by atoms with Gasteiger partial charge in [0.15, 0.2) is 0 Å². The molecule has 4 heteroatoms. The van der Waals surface area contributed by atoms with Crippen LogP contribution in [0.1, 0.15) is 39.2 Å². The molecule has 0 unspecified atom stereocenters. The van der Waals surface area contributed by atoms with E-state index in [1.54, 1.807) is 0 Å². The lowest BCUT2D eigenvalue weighted by Gasteiger charge is -2.26. The summed E-state index contributed by atoms with van der Waals surface area (Å²) in [6.07, 6.45) is 2.72. The van der Waals surface area contributed by atoms with Gasteiger partial charge in [0, 0.05) is 12.1 Å². The van der Waals surface area contributed by atoms with Crippen LogP contribution in [0, 0.1) is 5.92 Å². The molecule has 1 saturated carbocycles. The Balaban J connectivity index is 2.05. The van der Waals surface area contributed by atoms with Crippen molar-refractivity contribution in [2.45, 2.75) is 45.7 Å². The Hall–Kier alpha value is -0.0600. The molecule has 2 rings (SSSR count). The van der Waals surface area contributed by atoms with Crippen molar-refractivity contribution in [3.05, 3.63) is 26.6 Å². The Morgan fingerprint density at radius 2 is 1.84 bits per heavy atom. The van der Waals surface area contributed by atoms with Crippen molar-refractivity contribution in [1.82, 2.24) is 5.32 Å². The van der Waals surface area contributed by atoms with E-state index in [4.69, 9.17) is 4.74 Å². The summed E-state index contributed by atoms with van der Waals surface area (Å²) in [5.74, 6) is 1.72. The van der Waals surface area contributed by atoms with Gasteiger partial charge >= 0.3 is 0 Å². The van der Waals surface area contributed by atoms with E-state index in [0.717, 1.165) is 27.2 Å². The first-order valence-corrected chi connectivity index (χ1v) is 8.38. The summed E-state index contributed by atoms with van der Waals surface area (Å²) in [6, 6.07) is 4.26. The molecule has 0 bridgehead atoms. The Kier molecular flexibility index (Phi) is 4.96. The first kappa shape index (κ1) is 15.3. The van der Waals surface area contributed by atoms with Crippen LogP contribution < -0.4 is 10.1 Å². The third-order valence-corrected chi connectivity index (χ3v) is 4.87. The van der Waals surface area contributed by atoms with E-state index in [9.17, 15) is 0 Å². The highest BCUT2D eigenvalue weighted by Gasteiger charge is 2.37. The zero-order valence-electron chi connectivity index (χ0n) is 11.7. The Morgan fingerprint density at radius 3 is 2.32 bits per heavy atom. The monoisotopic (exact) mass is 389 g/mol. The molecule has 1 fully saturated rings. The maximum atomic E-state index is 5.60. The molecule has 1 aromatic rings. The minimum atomic E-state index is 0.234. The van der Waals surface area contributed by atoms with E-state index >= 15 is 0 Å². The maximum absolute atomic E-state index is 5.60. The summed E-state index contributed by atoms with van der Waals surface area (Å²) in [5, 5.41) is 3.66. The number of nitrogens with one attached hydrogen (secondary N) is 1. The van der Waals surface area contributed by atoms with Gasteiger partial charge in [-0.3, -0.25) is 0 Å². The number of hydrogen-bond acceptors (Lipinski definition) is 2. The Labute approximate surface area is 132 Å². The molecule has 0 aliphatic heterocycles. The lowest BCUT2D eigenvalue weighted by molar-refractivity contribution is 0.333. The lowest BCUT2D eigenvalue weighted by atomic mass is 9.98. The smallest absolute Gasteiger partial charge is 0.147 e. The second kappa shape index (κ2) is 6.15. The minimum Gasteiger partial charge on any atom is -0.492 e. The molecule has 0 heterocycles. The second-order valence-electron chi connectivity index (χ2n) is 5.67. The van der Waals surface area contributed by atoms with Crippen molar-refractivity contribution < 1.29 is 4.74 Å². The van der Waals surface area contributed by atoms with Gasteiger partial charge < -0.3 is 10.1 Å². The molecule has 106 valence electrons. The third-order valence-electron chi connectivity index (χ3n) is 3.69. The molecule has 0 radical (unpaired) electrons. The quantitative estimate of drug-likeness (QED) is 0.746. The van der Waals surface area contributed by atoms with Gasteiger partial charge in [0.2, 0.25) is 0 Å². The normalized spacial score (nSPS) is 15.6. The third kappa shape index (κ3) is 3.96. The first-order chi connectivity index (χ1) is 8.94. The highest BCUT2D eigenvalue weighted by molar-refractivity contribution is 9.11. The summed E-state index contributed by atoms with van der Waals surface area (Å²) < 4.78 is 7.61. The van der Waals surface area contributed by atoms with Gasteiger partial charge in [0.25, 0.3) is 0 Å². The van der Waals surface area contributed by atoms with Gasteiger partial charge in [0.05, 0.1) is 15.6 Å². The molecule has 0 amide bonds. The van der Waals surface area contributed by atoms with Gasteiger partial charge in [0.1, 0.15) is 5.75 Å². The molecular weight excluding hydrogens is 370 g/mol. The van der Waals surface area contributed by atoms with Crippen LogP contribution >= 0.6 is 31.9 Å². The van der Waals surface area contributed by atoms with Crippen LogP contribution in [-0.4, -0.2) is 12.1 Å². The molecule has 1 aliphatic rings. The molecule has 0 atom stereocenters. The highest BCUT2D eigenvalue weighted by atomic mass is 79.9. The van der Waals surface area contributed by atoms with E-state index in [0.29, 0.717) is 6.61 Å². The zero-order chi connectivity index (χ0) is 14.0. The minimum absolute atomic E-state index is 0.234. The molecule has 1 aromatic carbocycles. The standard InChI is InChI=1S/C15H21Br2NO/c1-4-19-14-12(16)7-10(8-13(14)17)9-18-15(2,3)11-5-6-11/h7-8,11,18H,4-6,9H2,1-3H3. The van der Waals surface area contributed by atoms with Crippen molar-refractivity contribution in [3.63, 3.8) is 0 Å². The van der Waals surface area contributed by atoms with E-state index < -0.39 is 0 Å². The van der Waals surface area contributed by atoms with Crippen LogP contribution in [0.3, 0.4) is 0 Å². The van der Waals surface area contributed by atoms with Gasteiger partial charge in [-0.1, -0.05) is 0 Å². The second-order valence-corrected chi connectivity index (χ2v) is 7.38. The zero-order valence-corrected chi connectivity index (χ0v) is 14.9. The van der Waals surface area contributed by atoms with Crippen LogP contribution in [0.15, 0.2) is 21.1 Å². The van der Waals surface area contributed by atoms with Crippen LogP contribution in [-0.2, 0) is 6.54 Å². The summed E-state index contributed by atoms with van der Waals surface area (Å²) in [6.45, 7) is 8.13. The van der Waals surface area contributed by atoms with Crippen LogP contribution in [0.5, 0.6) is 5.75 Å². The van der Waals surface area contributed by atoms with Gasteiger partial charge in [-0.15, -0.1) is 0 Å². The predicted octanol–water partition coefficient (Wildman–Crippen LogP) is 4.89. The number of benzene rings is 1. The summed E-state index contributed by atoms with van der Waals surface area (Å²) in [7, 11) is 0. The average molecular weight is 391 g/mol. The molecule has 0 spiro atoms. The molecule has 1 N–H and O–H groups in total. The summed E-state index contributed by atoms with van der Waals surface area (Å²) >= 11 is 7.16. The van der Waals surface area contributed by atoms with Crippen LogP contribution in [0.4, 0.5) is 0 Å². The maximum Gasteiger partial charge on any atom is 0.147 e. The van der Waals surface area contributed by atoms with Crippen molar-refractivity contribution in [3.8, 4) is 5.75 Å². The Bertz CT molecular complexity index is 432. The molecule has 1 aliphatic carbocycles. The molecule has 0 aromatic heterocycles. The fourth-order valence-corrected chi connectivity index (χ4v) is 3.79. The first-order valence-electron chi connectivity index (χ1n) is 6.79. The molecule has 19 heavy (non-hydrogen) atoms. The number of rotatable bonds is 6. The number of hydrogen-bond donors (Lipinski definition) is 1. The number of halogens is 2. The fourth-order valence-electron chi connectivity index (χ4n) is 2.28. The van der Waals surface area contributed by atoms with Gasteiger partial charge in [-0.2, -0.15) is 0 Å². The van der Waals surface area contributed by atoms with E-state index in [-0.39, 0.29) is 5.54 Å². The highest BCUT2D eigenvalue weighted by Crippen LogP contribution is 2.39. The fraction of sp³-hybridized carbons (Fsp3) is 0.600. The average Bonchev–Trinajstić information content (AvgIpc) is 3.16. The van der Waals surface area contributed by atoms with Crippen molar-refractivity contribution in [2.75, 3.05) is 6.61 Å². The van der Waals surface area contributed by atoms with Gasteiger partial charge in [-0.05, 0) is 89.1 Å². The summed E-state index contributed by atoms with van der Waals surface area (Å²) in [4.78, 5) is 0. The molecule has 0 saturated heterocycles. The van der Waals surface area contributed by atoms with Crippen molar-refractivity contribution in [1.29, 1.82) is 0 Å². The van der Waals surface area contributed by atoms with E-state index in [1.165, 1.54) is 18.4 Å². The van der Waals surface area contributed by atoms with Crippen LogP contribution in [0.25, 0.3) is 0 Å². The largest absolute Gasteiger partial charge is 0.492 e. The Morgan fingerprint density at radius 1 is 1.26 bits per heavy atom. The van der Waals surface area contributed by atoms with Gasteiger partial charge in [-0.25, -0.2) is 0 Å². The SMILES string of the molecule is CCOc1c(Br)cc(CNC(C)(C)C2CC2)cc1Br. The summed E-state index contributed by atoms with van der Waals surface area (Å²) in [5.41, 5.74) is 1.49. The van der Waals surface area contributed by atoms with Crippen LogP contribution in [0.2, 0.25) is 0 Å². The van der Waals surface area contributed by atoms with Crippen molar-refractivity contribution in [2.24, 2.45) is 5.92 Å². The molecular formula is C15H21Br2NO. The van der Waals surface area contributed by atoms with Crippen molar-refractivity contribution >= 4 is 31.9 Å². The van der Waals surface area contributed by atoms with E-state index in [1.807, 2.05) is 6.92 Å². The lowest BCUT2D eigenvalue weighted by Crippen LogP contribution is -2.40. The number of ether oxygens (including phenoxy) is 1. The topological polar surface area (TPSA) is 21.3 Å². The predicted molar refractivity (Wildman–Crippen MR) is 86.7 cm³/mol.